The minimum absolute atomic E-state index is 0.0475. The van der Waals surface area contributed by atoms with Crippen molar-refractivity contribution >= 4 is 5.78 Å². The smallest absolute Gasteiger partial charge is 0.373 e. The molecular weight excluding hydrogens is 249 g/mol. The van der Waals surface area contributed by atoms with E-state index >= 15 is 0 Å². The first-order valence-electron chi connectivity index (χ1n) is 5.65. The number of Topliss-reactive ketones (excluding diaryl/α,β-unsaturated/α-hetero) is 1. The molecule has 0 N–H and O–H groups in total. The lowest BCUT2D eigenvalue weighted by atomic mass is 10.2. The average Bonchev–Trinajstić information content (AvgIpc) is 2.86. The highest BCUT2D eigenvalue weighted by atomic mass is 19.4. The van der Waals surface area contributed by atoms with E-state index in [1.807, 2.05) is 6.92 Å². The average molecular weight is 262 g/mol. The van der Waals surface area contributed by atoms with Crippen molar-refractivity contribution in [1.29, 1.82) is 0 Å². The number of aromatic nitrogens is 2. The molecule has 0 saturated carbocycles. The Morgan fingerprint density at radius 3 is 2.83 bits per heavy atom. The summed E-state index contributed by atoms with van der Waals surface area (Å²) in [7, 11) is 0. The van der Waals surface area contributed by atoms with Crippen molar-refractivity contribution in [3.8, 4) is 0 Å². The molecule has 0 spiro atoms. The number of carbonyl (C=O) groups excluding carboxylic acids is 1. The minimum Gasteiger partial charge on any atom is -0.373 e. The van der Waals surface area contributed by atoms with Crippen molar-refractivity contribution in [3.63, 3.8) is 0 Å². The zero-order valence-corrected chi connectivity index (χ0v) is 9.78. The van der Waals surface area contributed by atoms with Crippen molar-refractivity contribution < 1.29 is 22.7 Å². The van der Waals surface area contributed by atoms with Gasteiger partial charge >= 0.3 is 6.18 Å². The first-order valence-corrected chi connectivity index (χ1v) is 5.65. The monoisotopic (exact) mass is 262 g/mol. The van der Waals surface area contributed by atoms with Crippen LogP contribution in [0.1, 0.15) is 30.1 Å². The van der Waals surface area contributed by atoms with Gasteiger partial charge in [0.1, 0.15) is 0 Å². The quantitative estimate of drug-likeness (QED) is 0.784. The van der Waals surface area contributed by atoms with Gasteiger partial charge in [-0.15, -0.1) is 0 Å². The molecule has 0 bridgehead atoms. The fourth-order valence-electron chi connectivity index (χ4n) is 1.97. The van der Waals surface area contributed by atoms with Crippen LogP contribution in [0.2, 0.25) is 0 Å². The van der Waals surface area contributed by atoms with E-state index in [1.165, 1.54) is 4.68 Å². The second-order valence-corrected chi connectivity index (χ2v) is 4.42. The highest BCUT2D eigenvalue weighted by Crippen LogP contribution is 2.22. The summed E-state index contributed by atoms with van der Waals surface area (Å²) in [6.45, 7) is 2.32. The summed E-state index contributed by atoms with van der Waals surface area (Å²) in [6, 6.07) is 0. The van der Waals surface area contributed by atoms with Gasteiger partial charge in [-0.25, -0.2) is 0 Å². The van der Waals surface area contributed by atoms with Crippen molar-refractivity contribution in [2.45, 2.75) is 44.7 Å². The van der Waals surface area contributed by atoms with E-state index in [2.05, 4.69) is 5.10 Å². The number of halogens is 3. The first kappa shape index (κ1) is 13.1. The fourth-order valence-corrected chi connectivity index (χ4v) is 1.97. The van der Waals surface area contributed by atoms with Crippen LogP contribution in [0.5, 0.6) is 0 Å². The van der Waals surface area contributed by atoms with Crippen molar-refractivity contribution in [2.75, 3.05) is 0 Å². The van der Waals surface area contributed by atoms with Gasteiger partial charge in [-0.1, -0.05) is 0 Å². The number of ketones is 1. The van der Waals surface area contributed by atoms with E-state index in [9.17, 15) is 18.0 Å². The molecular formula is C11H13F3N2O2. The number of nitrogens with zero attached hydrogens (tertiary/aromatic N) is 2. The molecule has 4 nitrogen and oxygen atoms in total. The van der Waals surface area contributed by atoms with E-state index in [0.717, 1.165) is 25.2 Å². The first-order chi connectivity index (χ1) is 8.36. The number of carbonyl (C=O) groups is 1. The van der Waals surface area contributed by atoms with Gasteiger partial charge in [0, 0.05) is 6.20 Å². The van der Waals surface area contributed by atoms with Crippen LogP contribution in [0.25, 0.3) is 0 Å². The summed E-state index contributed by atoms with van der Waals surface area (Å²) in [5, 5.41) is 3.76. The van der Waals surface area contributed by atoms with Gasteiger partial charge < -0.3 is 4.74 Å². The SMILES string of the molecule is CC1CCC(Cn2cc(C(=O)C(F)(F)F)cn2)O1. The molecule has 1 aromatic rings. The van der Waals surface area contributed by atoms with Crippen molar-refractivity contribution in [3.05, 3.63) is 18.0 Å². The number of hydrogen-bond acceptors (Lipinski definition) is 3. The third-order valence-electron chi connectivity index (χ3n) is 2.86. The van der Waals surface area contributed by atoms with E-state index in [0.29, 0.717) is 6.54 Å². The highest BCUT2D eigenvalue weighted by Gasteiger charge is 2.40. The van der Waals surface area contributed by atoms with Gasteiger partial charge in [0.15, 0.2) is 0 Å². The summed E-state index contributed by atoms with van der Waals surface area (Å²) in [4.78, 5) is 11.0. The number of ether oxygens (including phenoxy) is 1. The van der Waals surface area contributed by atoms with Crippen LogP contribution < -0.4 is 0 Å². The lowest BCUT2D eigenvalue weighted by Crippen LogP contribution is -2.22. The van der Waals surface area contributed by atoms with Crippen molar-refractivity contribution in [1.82, 2.24) is 9.78 Å². The Hall–Kier alpha value is -1.37. The Balaban J connectivity index is 2.00. The molecule has 0 amide bonds. The van der Waals surface area contributed by atoms with E-state index in [4.69, 9.17) is 4.74 Å². The summed E-state index contributed by atoms with van der Waals surface area (Å²) < 4.78 is 43.4. The van der Waals surface area contributed by atoms with E-state index in [-0.39, 0.29) is 12.2 Å². The maximum absolute atomic E-state index is 12.2. The molecule has 0 aromatic carbocycles. The largest absolute Gasteiger partial charge is 0.454 e. The van der Waals surface area contributed by atoms with Crippen LogP contribution in [0, 0.1) is 0 Å². The highest BCUT2D eigenvalue weighted by molar-refractivity contribution is 5.99. The molecule has 1 aliphatic rings. The maximum Gasteiger partial charge on any atom is 0.454 e. The Morgan fingerprint density at radius 2 is 2.28 bits per heavy atom. The summed E-state index contributed by atoms with van der Waals surface area (Å²) in [6.07, 6.45) is -0.900. The number of rotatable bonds is 3. The van der Waals surface area contributed by atoms with Gasteiger partial charge in [0.2, 0.25) is 0 Å². The Bertz CT molecular complexity index is 442. The molecule has 1 saturated heterocycles. The van der Waals surface area contributed by atoms with E-state index < -0.39 is 17.5 Å². The predicted octanol–water partition coefficient (Wildman–Crippen LogP) is 2.20. The Kier molecular flexibility index (Phi) is 3.43. The fraction of sp³-hybridized carbons (Fsp3) is 0.636. The third-order valence-corrected chi connectivity index (χ3v) is 2.86. The molecule has 18 heavy (non-hydrogen) atoms. The van der Waals surface area contributed by atoms with Crippen LogP contribution in [0.15, 0.2) is 12.4 Å². The Morgan fingerprint density at radius 1 is 1.56 bits per heavy atom. The zero-order valence-electron chi connectivity index (χ0n) is 9.78. The number of hydrogen-bond donors (Lipinski definition) is 0. The molecule has 2 rings (SSSR count). The molecule has 0 radical (unpaired) electrons. The lowest BCUT2D eigenvalue weighted by Gasteiger charge is -2.10. The summed E-state index contributed by atoms with van der Waals surface area (Å²) in [5.74, 6) is -1.87. The molecule has 2 atom stereocenters. The predicted molar refractivity (Wildman–Crippen MR) is 56.2 cm³/mol. The van der Waals surface area contributed by atoms with E-state index in [1.54, 1.807) is 0 Å². The van der Waals surface area contributed by atoms with Crippen LogP contribution in [-0.2, 0) is 11.3 Å². The molecule has 1 aromatic heterocycles. The van der Waals surface area contributed by atoms with Gasteiger partial charge in [0.25, 0.3) is 5.78 Å². The molecule has 1 fully saturated rings. The zero-order chi connectivity index (χ0) is 13.3. The molecule has 7 heteroatoms. The molecule has 100 valence electrons. The molecule has 2 heterocycles. The Labute approximate surface area is 102 Å². The van der Waals surface area contributed by atoms with Gasteiger partial charge in [-0.05, 0) is 19.8 Å². The second kappa shape index (κ2) is 4.72. The second-order valence-electron chi connectivity index (χ2n) is 4.42. The number of alkyl halides is 3. The van der Waals surface area contributed by atoms with Crippen LogP contribution >= 0.6 is 0 Å². The van der Waals surface area contributed by atoms with Gasteiger partial charge in [-0.2, -0.15) is 18.3 Å². The van der Waals surface area contributed by atoms with Gasteiger partial charge in [-0.3, -0.25) is 9.48 Å². The van der Waals surface area contributed by atoms with Crippen LogP contribution in [-0.4, -0.2) is 33.9 Å². The van der Waals surface area contributed by atoms with Crippen LogP contribution in [0.3, 0.4) is 0 Å². The summed E-state index contributed by atoms with van der Waals surface area (Å²) >= 11 is 0. The van der Waals surface area contributed by atoms with Crippen molar-refractivity contribution in [2.24, 2.45) is 0 Å². The molecule has 2 unspecified atom stereocenters. The van der Waals surface area contributed by atoms with Crippen LogP contribution in [0.4, 0.5) is 13.2 Å². The standard InChI is InChI=1S/C11H13F3N2O2/c1-7-2-3-9(18-7)6-16-5-8(4-15-16)10(17)11(12,13)14/h4-5,7,9H,2-3,6H2,1H3. The molecule has 1 aliphatic heterocycles. The minimum atomic E-state index is -4.85. The molecule has 0 aliphatic carbocycles. The van der Waals surface area contributed by atoms with Gasteiger partial charge in [0.05, 0.1) is 30.5 Å². The third kappa shape index (κ3) is 2.90. The maximum atomic E-state index is 12.2. The summed E-state index contributed by atoms with van der Waals surface area (Å²) in [5.41, 5.74) is -0.437. The normalized spacial score (nSPS) is 24.4. The lowest BCUT2D eigenvalue weighted by molar-refractivity contribution is -0.0885. The topological polar surface area (TPSA) is 44.1 Å².